The molecule has 1 aromatic carbocycles. The number of carbonyl (C=O) groups is 2. The molecule has 6 unspecified atom stereocenters. The van der Waals surface area contributed by atoms with E-state index in [2.05, 4.69) is 19.1 Å². The standard InChI is InChI=1S/C24H36O5/c1-7-24(6,14-13-16(2)20-11-9-8-10-12-20)23(26)29-22-21(28-19(5)25)18(4)17(3)15-27-22/h8-12,16-18,21-22H,7,13-15H2,1-6H3. The molecule has 6 atom stereocenters. The summed E-state index contributed by atoms with van der Waals surface area (Å²) < 4.78 is 17.0. The van der Waals surface area contributed by atoms with Crippen LogP contribution in [-0.4, -0.2) is 30.9 Å². The number of rotatable bonds is 8. The topological polar surface area (TPSA) is 61.8 Å². The highest BCUT2D eigenvalue weighted by molar-refractivity contribution is 5.76. The van der Waals surface area contributed by atoms with Gasteiger partial charge in [-0.25, -0.2) is 0 Å². The van der Waals surface area contributed by atoms with Crippen LogP contribution in [0.15, 0.2) is 30.3 Å². The fraction of sp³-hybridized carbons (Fsp3) is 0.667. The lowest BCUT2D eigenvalue weighted by Crippen LogP contribution is -2.50. The maximum Gasteiger partial charge on any atom is 0.314 e. The Balaban J connectivity index is 2.03. The van der Waals surface area contributed by atoms with E-state index in [0.29, 0.717) is 18.9 Å². The molecule has 29 heavy (non-hydrogen) atoms. The molecule has 0 bridgehead atoms. The molecule has 5 heteroatoms. The summed E-state index contributed by atoms with van der Waals surface area (Å²) in [6.45, 7) is 12.0. The first-order chi connectivity index (χ1) is 13.7. The molecule has 1 aromatic rings. The quantitative estimate of drug-likeness (QED) is 0.565. The second-order valence-electron chi connectivity index (χ2n) is 8.78. The molecule has 0 aromatic heterocycles. The van der Waals surface area contributed by atoms with Crippen LogP contribution in [0.5, 0.6) is 0 Å². The predicted octanol–water partition coefficient (Wildman–Crippen LogP) is 5.09. The number of carbonyl (C=O) groups excluding carboxylic acids is 2. The van der Waals surface area contributed by atoms with Crippen molar-refractivity contribution in [3.05, 3.63) is 35.9 Å². The highest BCUT2D eigenvalue weighted by atomic mass is 16.7. The molecule has 1 fully saturated rings. The molecule has 1 aliphatic heterocycles. The first-order valence-corrected chi connectivity index (χ1v) is 10.7. The largest absolute Gasteiger partial charge is 0.456 e. The van der Waals surface area contributed by atoms with Gasteiger partial charge >= 0.3 is 11.9 Å². The molecule has 0 N–H and O–H groups in total. The van der Waals surface area contributed by atoms with Crippen LogP contribution < -0.4 is 0 Å². The molecule has 1 aliphatic rings. The zero-order valence-electron chi connectivity index (χ0n) is 18.6. The second kappa shape index (κ2) is 10.2. The predicted molar refractivity (Wildman–Crippen MR) is 112 cm³/mol. The molecule has 1 heterocycles. The van der Waals surface area contributed by atoms with Gasteiger partial charge in [0.2, 0.25) is 6.29 Å². The van der Waals surface area contributed by atoms with E-state index in [1.54, 1.807) is 0 Å². The Labute approximate surface area is 175 Å². The average Bonchev–Trinajstić information content (AvgIpc) is 2.71. The van der Waals surface area contributed by atoms with Crippen LogP contribution in [0, 0.1) is 17.3 Å². The van der Waals surface area contributed by atoms with Gasteiger partial charge in [-0.15, -0.1) is 0 Å². The van der Waals surface area contributed by atoms with Crippen LogP contribution in [-0.2, 0) is 23.8 Å². The van der Waals surface area contributed by atoms with Gasteiger partial charge in [0.25, 0.3) is 0 Å². The van der Waals surface area contributed by atoms with Gasteiger partial charge in [-0.1, -0.05) is 58.0 Å². The van der Waals surface area contributed by atoms with Crippen molar-refractivity contribution in [2.75, 3.05) is 6.61 Å². The Morgan fingerprint density at radius 1 is 1.21 bits per heavy atom. The molecule has 0 amide bonds. The molecule has 0 aliphatic carbocycles. The Hall–Kier alpha value is -1.88. The second-order valence-corrected chi connectivity index (χ2v) is 8.78. The lowest BCUT2D eigenvalue weighted by atomic mass is 9.79. The smallest absolute Gasteiger partial charge is 0.314 e. The van der Waals surface area contributed by atoms with Crippen molar-refractivity contribution in [2.45, 2.75) is 79.1 Å². The molecular formula is C24H36O5. The summed E-state index contributed by atoms with van der Waals surface area (Å²) in [7, 11) is 0. The molecule has 2 rings (SSSR count). The van der Waals surface area contributed by atoms with Crippen LogP contribution in [0.4, 0.5) is 0 Å². The molecule has 1 saturated heterocycles. The lowest BCUT2D eigenvalue weighted by Gasteiger charge is -2.40. The summed E-state index contributed by atoms with van der Waals surface area (Å²) in [6.07, 6.45) is 0.842. The van der Waals surface area contributed by atoms with Gasteiger partial charge in [0.1, 0.15) is 0 Å². The fourth-order valence-electron chi connectivity index (χ4n) is 3.67. The van der Waals surface area contributed by atoms with Gasteiger partial charge in [0, 0.05) is 12.8 Å². The highest BCUT2D eigenvalue weighted by Gasteiger charge is 2.43. The third-order valence-electron chi connectivity index (χ3n) is 6.50. The lowest BCUT2D eigenvalue weighted by molar-refractivity contribution is -0.250. The molecule has 162 valence electrons. The van der Waals surface area contributed by atoms with Crippen molar-refractivity contribution in [2.24, 2.45) is 17.3 Å². The number of hydrogen-bond donors (Lipinski definition) is 0. The number of esters is 2. The first kappa shape index (κ1) is 23.4. The van der Waals surface area contributed by atoms with Crippen LogP contribution in [0.1, 0.15) is 72.3 Å². The van der Waals surface area contributed by atoms with Gasteiger partial charge < -0.3 is 14.2 Å². The Morgan fingerprint density at radius 2 is 1.86 bits per heavy atom. The number of benzene rings is 1. The molecule has 0 spiro atoms. The summed E-state index contributed by atoms with van der Waals surface area (Å²) in [6, 6.07) is 10.3. The van der Waals surface area contributed by atoms with Crippen molar-refractivity contribution < 1.29 is 23.8 Å². The van der Waals surface area contributed by atoms with E-state index in [4.69, 9.17) is 14.2 Å². The minimum Gasteiger partial charge on any atom is -0.456 e. The molecule has 0 radical (unpaired) electrons. The van der Waals surface area contributed by atoms with Crippen molar-refractivity contribution in [3.63, 3.8) is 0 Å². The van der Waals surface area contributed by atoms with E-state index >= 15 is 0 Å². The van der Waals surface area contributed by atoms with E-state index in [-0.39, 0.29) is 17.8 Å². The van der Waals surface area contributed by atoms with Gasteiger partial charge in [0.05, 0.1) is 12.0 Å². The Bertz CT molecular complexity index is 673. The third kappa shape index (κ3) is 6.05. The van der Waals surface area contributed by atoms with E-state index in [1.165, 1.54) is 12.5 Å². The molecule has 5 nitrogen and oxygen atoms in total. The SMILES string of the molecule is CCC(C)(CCC(C)c1ccccc1)C(=O)OC1OCC(C)C(C)C1OC(C)=O. The highest BCUT2D eigenvalue weighted by Crippen LogP contribution is 2.36. The minimum atomic E-state index is -0.852. The maximum absolute atomic E-state index is 13.1. The Morgan fingerprint density at radius 3 is 2.45 bits per heavy atom. The zero-order chi connectivity index (χ0) is 21.6. The van der Waals surface area contributed by atoms with Crippen LogP contribution in [0.2, 0.25) is 0 Å². The summed E-state index contributed by atoms with van der Waals surface area (Å²) in [5, 5.41) is 0. The van der Waals surface area contributed by atoms with E-state index < -0.39 is 23.8 Å². The number of hydrogen-bond acceptors (Lipinski definition) is 5. The van der Waals surface area contributed by atoms with Crippen LogP contribution in [0.25, 0.3) is 0 Å². The van der Waals surface area contributed by atoms with Gasteiger partial charge in [-0.05, 0) is 43.6 Å². The van der Waals surface area contributed by atoms with Crippen LogP contribution in [0.3, 0.4) is 0 Å². The zero-order valence-corrected chi connectivity index (χ0v) is 18.6. The summed E-state index contributed by atoms with van der Waals surface area (Å²) in [5.74, 6) is -0.0507. The van der Waals surface area contributed by atoms with Crippen molar-refractivity contribution in [3.8, 4) is 0 Å². The van der Waals surface area contributed by atoms with Gasteiger partial charge in [-0.3, -0.25) is 9.59 Å². The fourth-order valence-corrected chi connectivity index (χ4v) is 3.67. The third-order valence-corrected chi connectivity index (χ3v) is 6.50. The normalized spacial score (nSPS) is 27.5. The summed E-state index contributed by atoms with van der Waals surface area (Å²) >= 11 is 0. The maximum atomic E-state index is 13.1. The van der Waals surface area contributed by atoms with Gasteiger partial charge in [0.15, 0.2) is 6.10 Å². The van der Waals surface area contributed by atoms with Gasteiger partial charge in [-0.2, -0.15) is 0 Å². The molecular weight excluding hydrogens is 368 g/mol. The van der Waals surface area contributed by atoms with Crippen molar-refractivity contribution in [1.29, 1.82) is 0 Å². The van der Waals surface area contributed by atoms with Crippen molar-refractivity contribution >= 4 is 11.9 Å². The van der Waals surface area contributed by atoms with Crippen molar-refractivity contribution in [1.82, 2.24) is 0 Å². The van der Waals surface area contributed by atoms with E-state index in [1.807, 2.05) is 45.9 Å². The Kier molecular flexibility index (Phi) is 8.26. The molecule has 0 saturated carbocycles. The number of ether oxygens (including phenoxy) is 3. The van der Waals surface area contributed by atoms with E-state index in [0.717, 1.165) is 12.8 Å². The average molecular weight is 405 g/mol. The monoisotopic (exact) mass is 404 g/mol. The summed E-state index contributed by atoms with van der Waals surface area (Å²) in [4.78, 5) is 24.6. The first-order valence-electron chi connectivity index (χ1n) is 10.7. The minimum absolute atomic E-state index is 0.0523. The van der Waals surface area contributed by atoms with Crippen LogP contribution >= 0.6 is 0 Å². The van der Waals surface area contributed by atoms with E-state index in [9.17, 15) is 9.59 Å². The summed E-state index contributed by atoms with van der Waals surface area (Å²) in [5.41, 5.74) is 0.659.